The maximum atomic E-state index is 11.4. The summed E-state index contributed by atoms with van der Waals surface area (Å²) in [4.78, 5) is 15.4. The van der Waals surface area contributed by atoms with E-state index in [1.54, 1.807) is 0 Å². The van der Waals surface area contributed by atoms with Gasteiger partial charge in [0, 0.05) is 19.6 Å². The Morgan fingerprint density at radius 3 is 2.23 bits per heavy atom. The number of rotatable bonds is 6. The summed E-state index contributed by atoms with van der Waals surface area (Å²) in [5, 5.41) is 0.431. The molecule has 0 heterocycles. The highest BCUT2D eigenvalue weighted by Gasteiger charge is 2.10. The Labute approximate surface area is 89.2 Å². The van der Waals surface area contributed by atoms with E-state index in [9.17, 15) is 4.79 Å². The quantitative estimate of drug-likeness (QED) is 0.662. The Morgan fingerprint density at radius 1 is 1.23 bits per heavy atom. The second-order valence-electron chi connectivity index (χ2n) is 3.32. The van der Waals surface area contributed by atoms with Gasteiger partial charge in [0.25, 0.3) is 0 Å². The molecule has 0 aromatic carbocycles. The number of likely N-dealkylation sites (N-methyl/N-ethyl adjacent to an activating group) is 1. The maximum Gasteiger partial charge on any atom is 0.233 e. The zero-order chi connectivity index (χ0) is 10.3. The van der Waals surface area contributed by atoms with Gasteiger partial charge < -0.3 is 9.80 Å². The topological polar surface area (TPSA) is 23.6 Å². The van der Waals surface area contributed by atoms with Gasteiger partial charge in [-0.15, -0.1) is 0 Å². The first-order valence-corrected chi connectivity index (χ1v) is 5.72. The molecule has 0 N–H and O–H groups in total. The number of hydrogen-bond acceptors (Lipinski definition) is 2. The lowest BCUT2D eigenvalue weighted by atomic mass is 10.4. The third kappa shape index (κ3) is 6.05. The number of nitrogens with zero attached hydrogens (tertiary/aromatic N) is 2. The van der Waals surface area contributed by atoms with Crippen LogP contribution in [-0.4, -0.2) is 54.8 Å². The van der Waals surface area contributed by atoms with E-state index < -0.39 is 0 Å². The molecule has 4 heteroatoms. The molecule has 0 saturated heterocycles. The van der Waals surface area contributed by atoms with Gasteiger partial charge in [-0.3, -0.25) is 4.79 Å². The number of carbonyl (C=O) groups is 1. The van der Waals surface area contributed by atoms with E-state index in [0.717, 1.165) is 26.1 Å². The third-order valence-corrected chi connectivity index (χ3v) is 2.26. The van der Waals surface area contributed by atoms with Gasteiger partial charge in [-0.05, 0) is 20.5 Å². The molecule has 0 saturated carbocycles. The average molecular weight is 251 g/mol. The smallest absolute Gasteiger partial charge is 0.233 e. The SMILES string of the molecule is CCCN(CCN(C)C)C(=O)CBr. The summed E-state index contributed by atoms with van der Waals surface area (Å²) in [6.45, 7) is 4.70. The van der Waals surface area contributed by atoms with Crippen LogP contribution in [0.3, 0.4) is 0 Å². The van der Waals surface area contributed by atoms with E-state index in [4.69, 9.17) is 0 Å². The van der Waals surface area contributed by atoms with Crippen molar-refractivity contribution in [2.45, 2.75) is 13.3 Å². The Kier molecular flexibility index (Phi) is 7.28. The third-order valence-electron chi connectivity index (χ3n) is 1.78. The number of amides is 1. The Morgan fingerprint density at radius 2 is 1.85 bits per heavy atom. The molecular weight excluding hydrogens is 232 g/mol. The zero-order valence-electron chi connectivity index (χ0n) is 8.72. The summed E-state index contributed by atoms with van der Waals surface area (Å²) < 4.78 is 0. The van der Waals surface area contributed by atoms with Gasteiger partial charge in [0.15, 0.2) is 0 Å². The zero-order valence-corrected chi connectivity index (χ0v) is 10.3. The molecule has 1 amide bonds. The number of hydrogen-bond donors (Lipinski definition) is 0. The first kappa shape index (κ1) is 12.9. The number of halogens is 1. The fourth-order valence-corrected chi connectivity index (χ4v) is 1.39. The lowest BCUT2D eigenvalue weighted by Gasteiger charge is -2.23. The van der Waals surface area contributed by atoms with Crippen LogP contribution in [0.4, 0.5) is 0 Å². The van der Waals surface area contributed by atoms with E-state index in [0.29, 0.717) is 5.33 Å². The van der Waals surface area contributed by atoms with Crippen LogP contribution in [0.25, 0.3) is 0 Å². The minimum absolute atomic E-state index is 0.184. The summed E-state index contributed by atoms with van der Waals surface area (Å²) in [6, 6.07) is 0. The van der Waals surface area contributed by atoms with Crippen LogP contribution in [-0.2, 0) is 4.79 Å². The van der Waals surface area contributed by atoms with Crippen molar-refractivity contribution in [1.29, 1.82) is 0 Å². The lowest BCUT2D eigenvalue weighted by Crippen LogP contribution is -2.37. The van der Waals surface area contributed by atoms with Crippen molar-refractivity contribution in [3.8, 4) is 0 Å². The summed E-state index contributed by atoms with van der Waals surface area (Å²) in [5.41, 5.74) is 0. The van der Waals surface area contributed by atoms with Gasteiger partial charge >= 0.3 is 0 Å². The molecule has 0 aromatic heterocycles. The van der Waals surface area contributed by atoms with Crippen LogP contribution >= 0.6 is 15.9 Å². The Bertz CT molecular complexity index is 151. The lowest BCUT2D eigenvalue weighted by molar-refractivity contribution is -0.128. The highest BCUT2D eigenvalue weighted by molar-refractivity contribution is 9.09. The van der Waals surface area contributed by atoms with Crippen molar-refractivity contribution in [3.63, 3.8) is 0 Å². The molecule has 0 atom stereocenters. The minimum Gasteiger partial charge on any atom is -0.341 e. The molecule has 78 valence electrons. The predicted octanol–water partition coefficient (Wildman–Crippen LogP) is 1.18. The van der Waals surface area contributed by atoms with E-state index in [1.807, 2.05) is 19.0 Å². The van der Waals surface area contributed by atoms with E-state index in [-0.39, 0.29) is 5.91 Å². The van der Waals surface area contributed by atoms with Crippen LogP contribution in [0, 0.1) is 0 Å². The van der Waals surface area contributed by atoms with Crippen molar-refractivity contribution in [2.75, 3.05) is 39.1 Å². The Hall–Kier alpha value is -0.0900. The molecule has 0 aliphatic rings. The summed E-state index contributed by atoms with van der Waals surface area (Å²) in [7, 11) is 4.03. The number of alkyl halides is 1. The van der Waals surface area contributed by atoms with Crippen molar-refractivity contribution < 1.29 is 4.79 Å². The minimum atomic E-state index is 0.184. The van der Waals surface area contributed by atoms with Crippen molar-refractivity contribution in [2.24, 2.45) is 0 Å². The highest BCUT2D eigenvalue weighted by atomic mass is 79.9. The summed E-state index contributed by atoms with van der Waals surface area (Å²) in [6.07, 6.45) is 1.02. The maximum absolute atomic E-state index is 11.4. The van der Waals surface area contributed by atoms with Crippen molar-refractivity contribution in [1.82, 2.24) is 9.80 Å². The molecular formula is C9H19BrN2O. The summed E-state index contributed by atoms with van der Waals surface area (Å²) >= 11 is 3.19. The monoisotopic (exact) mass is 250 g/mol. The fraction of sp³-hybridized carbons (Fsp3) is 0.889. The molecule has 0 fully saturated rings. The van der Waals surface area contributed by atoms with Gasteiger partial charge in [-0.1, -0.05) is 22.9 Å². The molecule has 0 aliphatic carbocycles. The van der Waals surface area contributed by atoms with Crippen molar-refractivity contribution in [3.05, 3.63) is 0 Å². The van der Waals surface area contributed by atoms with E-state index >= 15 is 0 Å². The number of carbonyl (C=O) groups excluding carboxylic acids is 1. The largest absolute Gasteiger partial charge is 0.341 e. The normalized spacial score (nSPS) is 10.5. The van der Waals surface area contributed by atoms with Crippen LogP contribution in [0.15, 0.2) is 0 Å². The average Bonchev–Trinajstić information content (AvgIpc) is 2.10. The standard InChI is InChI=1S/C9H19BrN2O/c1-4-5-12(9(13)8-10)7-6-11(2)3/h4-8H2,1-3H3. The van der Waals surface area contributed by atoms with E-state index in [2.05, 4.69) is 27.8 Å². The van der Waals surface area contributed by atoms with Crippen LogP contribution in [0.1, 0.15) is 13.3 Å². The van der Waals surface area contributed by atoms with Crippen LogP contribution in [0.2, 0.25) is 0 Å². The second kappa shape index (κ2) is 7.33. The molecule has 13 heavy (non-hydrogen) atoms. The molecule has 3 nitrogen and oxygen atoms in total. The molecule has 0 bridgehead atoms. The first-order chi connectivity index (χ1) is 6.11. The molecule has 0 radical (unpaired) electrons. The predicted molar refractivity (Wildman–Crippen MR) is 59.2 cm³/mol. The van der Waals surface area contributed by atoms with Crippen molar-refractivity contribution >= 4 is 21.8 Å². The highest BCUT2D eigenvalue weighted by Crippen LogP contribution is 1.96. The van der Waals surface area contributed by atoms with Gasteiger partial charge in [0.05, 0.1) is 5.33 Å². The fourth-order valence-electron chi connectivity index (χ4n) is 1.04. The van der Waals surface area contributed by atoms with E-state index in [1.165, 1.54) is 0 Å². The summed E-state index contributed by atoms with van der Waals surface area (Å²) in [5.74, 6) is 0.184. The molecule has 0 unspecified atom stereocenters. The second-order valence-corrected chi connectivity index (χ2v) is 3.88. The molecule has 0 rings (SSSR count). The molecule has 0 aliphatic heterocycles. The van der Waals surface area contributed by atoms with Gasteiger partial charge in [-0.2, -0.15) is 0 Å². The van der Waals surface area contributed by atoms with Gasteiger partial charge in [-0.25, -0.2) is 0 Å². The molecule has 0 spiro atoms. The van der Waals surface area contributed by atoms with Crippen LogP contribution < -0.4 is 0 Å². The van der Waals surface area contributed by atoms with Gasteiger partial charge in [0.2, 0.25) is 5.91 Å². The first-order valence-electron chi connectivity index (χ1n) is 4.60. The Balaban J connectivity index is 3.86. The molecule has 0 aromatic rings. The van der Waals surface area contributed by atoms with Crippen LogP contribution in [0.5, 0.6) is 0 Å². The van der Waals surface area contributed by atoms with Gasteiger partial charge in [0.1, 0.15) is 0 Å².